The first-order chi connectivity index (χ1) is 20.5. The van der Waals surface area contributed by atoms with Gasteiger partial charge in [-0.1, -0.05) is 48.0 Å². The number of carbonyl (C=O) groups is 2. The van der Waals surface area contributed by atoms with Crippen LogP contribution in [0.4, 0.5) is 11.4 Å². The lowest BCUT2D eigenvalue weighted by Gasteiger charge is -2.44. The highest BCUT2D eigenvalue weighted by Gasteiger charge is 2.35. The maximum atomic E-state index is 13.1. The summed E-state index contributed by atoms with van der Waals surface area (Å²) in [7, 11) is 0. The third kappa shape index (κ3) is 6.40. The number of allylic oxidation sites excluding steroid dienone is 1. The van der Waals surface area contributed by atoms with Crippen molar-refractivity contribution in [1.29, 1.82) is 0 Å². The summed E-state index contributed by atoms with van der Waals surface area (Å²) in [6, 6.07) is 20.8. The zero-order chi connectivity index (χ0) is 28.9. The van der Waals surface area contributed by atoms with Crippen molar-refractivity contribution < 1.29 is 9.59 Å². The second kappa shape index (κ2) is 12.6. The van der Waals surface area contributed by atoms with Gasteiger partial charge in [-0.05, 0) is 80.3 Å². The van der Waals surface area contributed by atoms with Crippen LogP contribution in [0, 0.1) is 5.92 Å². The Morgan fingerprint density at radius 2 is 1.83 bits per heavy atom. The molecule has 1 saturated heterocycles. The van der Waals surface area contributed by atoms with E-state index in [0.29, 0.717) is 30.3 Å². The van der Waals surface area contributed by atoms with E-state index in [9.17, 15) is 14.4 Å². The van der Waals surface area contributed by atoms with E-state index in [1.165, 1.54) is 24.5 Å². The van der Waals surface area contributed by atoms with Crippen LogP contribution in [0.5, 0.6) is 0 Å². The molecule has 1 fully saturated rings. The van der Waals surface area contributed by atoms with E-state index in [1.54, 1.807) is 18.2 Å². The van der Waals surface area contributed by atoms with Crippen molar-refractivity contribution in [2.24, 2.45) is 5.92 Å². The van der Waals surface area contributed by atoms with Crippen LogP contribution in [0.25, 0.3) is 6.08 Å². The maximum Gasteiger partial charge on any atom is 0.251 e. The van der Waals surface area contributed by atoms with Crippen molar-refractivity contribution in [3.8, 4) is 0 Å². The van der Waals surface area contributed by atoms with Crippen molar-refractivity contribution in [3.63, 3.8) is 0 Å². The Labute approximate surface area is 246 Å². The molecule has 2 atom stereocenters. The third-order valence-electron chi connectivity index (χ3n) is 8.68. The number of nitrogens with one attached hydrogen (secondary N) is 2. The Balaban J connectivity index is 1.23. The minimum atomic E-state index is -0.254. The Kier molecular flexibility index (Phi) is 8.35. The highest BCUT2D eigenvalue weighted by Crippen LogP contribution is 2.39. The van der Waals surface area contributed by atoms with Crippen molar-refractivity contribution >= 4 is 29.3 Å². The number of amides is 2. The molecular formula is C35H38N4O3. The number of nitrogens with zero attached hydrogens (tertiary/aromatic N) is 2. The first-order valence-corrected chi connectivity index (χ1v) is 15.1. The van der Waals surface area contributed by atoms with Gasteiger partial charge in [0, 0.05) is 55.5 Å². The summed E-state index contributed by atoms with van der Waals surface area (Å²) in [6.45, 7) is 2.81. The molecule has 42 heavy (non-hydrogen) atoms. The first kappa shape index (κ1) is 27.8. The number of rotatable bonds is 8. The van der Waals surface area contributed by atoms with E-state index in [2.05, 4.69) is 27.7 Å². The Hall–Kier alpha value is -4.39. The molecule has 7 heteroatoms. The van der Waals surface area contributed by atoms with Gasteiger partial charge < -0.3 is 20.1 Å². The van der Waals surface area contributed by atoms with Crippen LogP contribution in [0.3, 0.4) is 0 Å². The summed E-state index contributed by atoms with van der Waals surface area (Å²) in [6.07, 6.45) is 12.3. The third-order valence-corrected chi connectivity index (χ3v) is 8.68. The van der Waals surface area contributed by atoms with Crippen LogP contribution in [0.2, 0.25) is 0 Å². The molecule has 2 aliphatic heterocycles. The smallest absolute Gasteiger partial charge is 0.251 e. The number of carbonyl (C=O) groups excluding carboxylic acids is 2. The summed E-state index contributed by atoms with van der Waals surface area (Å²) in [5, 5.41) is 6.13. The highest BCUT2D eigenvalue weighted by molar-refractivity contribution is 6.05. The zero-order valence-corrected chi connectivity index (χ0v) is 23.9. The Bertz CT molecular complexity index is 1570. The quantitative estimate of drug-likeness (QED) is 0.271. The molecule has 2 unspecified atom stereocenters. The van der Waals surface area contributed by atoms with Gasteiger partial charge >= 0.3 is 0 Å². The number of fused-ring (bicyclic) bond motifs is 4. The van der Waals surface area contributed by atoms with Gasteiger partial charge in [0.2, 0.25) is 5.91 Å². The molecule has 2 aromatic carbocycles. The lowest BCUT2D eigenvalue weighted by atomic mass is 9.83. The molecule has 1 aliphatic carbocycles. The fourth-order valence-electron chi connectivity index (χ4n) is 6.63. The normalized spacial score (nSPS) is 19.6. The summed E-state index contributed by atoms with van der Waals surface area (Å²) >= 11 is 0. The topological polar surface area (TPSA) is 83.4 Å². The maximum absolute atomic E-state index is 13.1. The monoisotopic (exact) mass is 562 g/mol. The predicted molar refractivity (Wildman–Crippen MR) is 168 cm³/mol. The number of piperidine rings is 1. The van der Waals surface area contributed by atoms with Gasteiger partial charge in [0.1, 0.15) is 0 Å². The molecule has 2 bridgehead atoms. The second-order valence-electron chi connectivity index (χ2n) is 11.7. The Morgan fingerprint density at radius 1 is 0.952 bits per heavy atom. The minimum Gasteiger partial charge on any atom is -0.369 e. The number of aromatic nitrogens is 1. The minimum absolute atomic E-state index is 0.0592. The molecule has 0 spiro atoms. The lowest BCUT2D eigenvalue weighted by molar-refractivity contribution is -0.111. The van der Waals surface area contributed by atoms with Crippen molar-refractivity contribution in [1.82, 2.24) is 9.88 Å². The summed E-state index contributed by atoms with van der Waals surface area (Å²) in [5.41, 5.74) is 5.52. The summed E-state index contributed by atoms with van der Waals surface area (Å²) in [5.74, 6) is 0.160. The van der Waals surface area contributed by atoms with E-state index >= 15 is 0 Å². The molecule has 1 aromatic heterocycles. The fraction of sp³-hybridized carbons (Fsp3) is 0.343. The van der Waals surface area contributed by atoms with Crippen LogP contribution in [-0.4, -0.2) is 36.0 Å². The van der Waals surface area contributed by atoms with Crippen LogP contribution in [-0.2, 0) is 11.3 Å². The van der Waals surface area contributed by atoms with Crippen LogP contribution >= 0.6 is 0 Å². The number of pyridine rings is 1. The van der Waals surface area contributed by atoms with E-state index in [0.717, 1.165) is 55.7 Å². The molecule has 2 amide bonds. The molecule has 216 valence electrons. The van der Waals surface area contributed by atoms with Crippen molar-refractivity contribution in [3.05, 3.63) is 112 Å². The van der Waals surface area contributed by atoms with Gasteiger partial charge in [-0.3, -0.25) is 14.4 Å². The molecule has 7 nitrogen and oxygen atoms in total. The number of anilines is 2. The molecule has 0 saturated carbocycles. The molecule has 3 heterocycles. The van der Waals surface area contributed by atoms with Gasteiger partial charge in [0.15, 0.2) is 0 Å². The van der Waals surface area contributed by atoms with Gasteiger partial charge in [-0.15, -0.1) is 0 Å². The molecule has 2 N–H and O–H groups in total. The SMILES string of the molecule is O=C(C=Cc1ccccc1)Nc1cc(C(=O)NCCC2=CCCCC2)ccc1N1CC2CC(C1)c1cccc(=O)n1C2. The van der Waals surface area contributed by atoms with Gasteiger partial charge in [0.05, 0.1) is 11.4 Å². The van der Waals surface area contributed by atoms with E-state index < -0.39 is 0 Å². The lowest BCUT2D eigenvalue weighted by Crippen LogP contribution is -2.47. The van der Waals surface area contributed by atoms with E-state index in [4.69, 9.17) is 0 Å². The molecule has 3 aromatic rings. The van der Waals surface area contributed by atoms with Gasteiger partial charge in [0.25, 0.3) is 11.5 Å². The largest absolute Gasteiger partial charge is 0.369 e. The average Bonchev–Trinajstić information content (AvgIpc) is 3.01. The molecule has 6 rings (SSSR count). The number of benzene rings is 2. The fourth-order valence-corrected chi connectivity index (χ4v) is 6.63. The number of hydrogen-bond acceptors (Lipinski definition) is 4. The standard InChI is InChI=1S/C35H38N4O3/c40-33(17-14-25-8-3-1-4-9-25)37-30-21-28(35(42)36-19-18-26-10-5-2-6-11-26)15-16-32(30)38-22-27-20-29(24-38)31-12-7-13-34(41)39(31)23-27/h1,3-4,7-10,12-17,21,27,29H,2,5-6,11,18-20,22-24H2,(H,36,42)(H,37,40). The van der Waals surface area contributed by atoms with E-state index in [1.807, 2.05) is 53.1 Å². The van der Waals surface area contributed by atoms with Crippen LogP contribution < -0.4 is 21.1 Å². The average molecular weight is 563 g/mol. The molecule has 0 radical (unpaired) electrons. The number of hydrogen-bond donors (Lipinski definition) is 2. The Morgan fingerprint density at radius 3 is 2.67 bits per heavy atom. The first-order valence-electron chi connectivity index (χ1n) is 15.1. The molecule has 3 aliphatic rings. The van der Waals surface area contributed by atoms with Crippen molar-refractivity contribution in [2.45, 2.75) is 51.0 Å². The van der Waals surface area contributed by atoms with Crippen LogP contribution in [0.1, 0.15) is 66.1 Å². The predicted octanol–water partition coefficient (Wildman–Crippen LogP) is 5.74. The van der Waals surface area contributed by atoms with Gasteiger partial charge in [-0.25, -0.2) is 0 Å². The molecular weight excluding hydrogens is 524 g/mol. The van der Waals surface area contributed by atoms with Gasteiger partial charge in [-0.2, -0.15) is 0 Å². The summed E-state index contributed by atoms with van der Waals surface area (Å²) in [4.78, 5) is 41.0. The van der Waals surface area contributed by atoms with Crippen molar-refractivity contribution in [2.75, 3.05) is 29.9 Å². The van der Waals surface area contributed by atoms with Crippen LogP contribution in [0.15, 0.2) is 89.2 Å². The highest BCUT2D eigenvalue weighted by atomic mass is 16.2. The zero-order valence-electron chi connectivity index (χ0n) is 23.9. The van der Waals surface area contributed by atoms with E-state index in [-0.39, 0.29) is 23.3 Å². The summed E-state index contributed by atoms with van der Waals surface area (Å²) < 4.78 is 1.92. The second-order valence-corrected chi connectivity index (χ2v) is 11.7.